The molecule has 0 spiro atoms. The molecule has 0 aliphatic heterocycles. The van der Waals surface area contributed by atoms with E-state index < -0.39 is 29.7 Å². The first-order valence-electron chi connectivity index (χ1n) is 18.1. The number of pyridine rings is 1. The van der Waals surface area contributed by atoms with Crippen molar-refractivity contribution in [3.05, 3.63) is 53.2 Å². The number of ether oxygens (including phenoxy) is 3. The third-order valence-electron chi connectivity index (χ3n) is 8.97. The van der Waals surface area contributed by atoms with Crippen LogP contribution < -0.4 is 15.8 Å². The van der Waals surface area contributed by atoms with Crippen molar-refractivity contribution in [1.29, 1.82) is 0 Å². The van der Waals surface area contributed by atoms with E-state index in [1.807, 2.05) is 10.9 Å². The number of aromatic hydroxyl groups is 1. The van der Waals surface area contributed by atoms with Crippen LogP contribution in [-0.2, 0) is 14.3 Å². The van der Waals surface area contributed by atoms with Gasteiger partial charge >= 0.3 is 12.1 Å². The molecule has 11 nitrogen and oxygen atoms in total. The Bertz CT molecular complexity index is 1610. The number of nitrogen functional groups attached to an aromatic ring is 1. The molecule has 0 radical (unpaired) electrons. The van der Waals surface area contributed by atoms with Gasteiger partial charge in [0.1, 0.15) is 35.4 Å². The molecule has 2 aromatic heterocycles. The van der Waals surface area contributed by atoms with Crippen molar-refractivity contribution in [1.82, 2.24) is 20.1 Å². The molecular formula is C38H53ClFN5O6. The van der Waals surface area contributed by atoms with E-state index in [1.54, 1.807) is 46.2 Å². The Labute approximate surface area is 305 Å². The zero-order chi connectivity index (χ0) is 37.1. The predicted molar refractivity (Wildman–Crippen MR) is 195 cm³/mol. The Hall–Kier alpha value is -4.06. The molecule has 0 bridgehead atoms. The number of phenolic OH excluding ortho intramolecular Hbond substituents is 1. The van der Waals surface area contributed by atoms with Crippen molar-refractivity contribution in [3.63, 3.8) is 0 Å². The lowest BCUT2D eigenvalue weighted by Crippen LogP contribution is -2.45. The molecule has 13 heteroatoms. The summed E-state index contributed by atoms with van der Waals surface area (Å²) in [6.07, 6.45) is 14.8. The summed E-state index contributed by atoms with van der Waals surface area (Å²) in [5.41, 5.74) is 7.15. The van der Waals surface area contributed by atoms with Crippen LogP contribution in [0.2, 0.25) is 5.02 Å². The van der Waals surface area contributed by atoms with E-state index in [9.17, 15) is 19.1 Å². The Kier molecular flexibility index (Phi) is 14.4. The van der Waals surface area contributed by atoms with Crippen LogP contribution in [0.3, 0.4) is 0 Å². The van der Waals surface area contributed by atoms with Gasteiger partial charge in [0.05, 0.1) is 22.8 Å². The number of rotatable bonds is 17. The maximum Gasteiger partial charge on any atom is 0.408 e. The van der Waals surface area contributed by atoms with Crippen molar-refractivity contribution < 1.29 is 33.3 Å². The van der Waals surface area contributed by atoms with Gasteiger partial charge in [-0.3, -0.25) is 4.68 Å². The van der Waals surface area contributed by atoms with Crippen molar-refractivity contribution in [2.24, 2.45) is 0 Å². The second-order valence-corrected chi connectivity index (χ2v) is 14.7. The summed E-state index contributed by atoms with van der Waals surface area (Å²) >= 11 is 6.12. The molecule has 51 heavy (non-hydrogen) atoms. The molecule has 1 amide bonds. The average molecular weight is 730 g/mol. The highest BCUT2D eigenvalue weighted by Crippen LogP contribution is 2.38. The average Bonchev–Trinajstić information content (AvgIpc) is 3.77. The fourth-order valence-electron chi connectivity index (χ4n) is 6.36. The first-order chi connectivity index (χ1) is 24.3. The molecule has 2 heterocycles. The van der Waals surface area contributed by atoms with Gasteiger partial charge in [-0.05, 0) is 90.8 Å². The lowest BCUT2D eigenvalue weighted by molar-refractivity contribution is -0.151. The number of hydrogen-bond acceptors (Lipinski definition) is 9. The number of carbonyl (C=O) groups excluding carboxylic acids is 2. The van der Waals surface area contributed by atoms with Crippen molar-refractivity contribution in [2.45, 2.75) is 142 Å². The number of alkyl carbamates (subject to hydrolysis) is 1. The number of benzene rings is 1. The quantitative estimate of drug-likeness (QED) is 0.0912. The number of nitrogens with one attached hydrogen (secondary N) is 1. The summed E-state index contributed by atoms with van der Waals surface area (Å²) in [4.78, 5) is 29.8. The molecule has 1 aliphatic rings. The van der Waals surface area contributed by atoms with Gasteiger partial charge in [-0.1, -0.05) is 50.6 Å². The first-order valence-corrected chi connectivity index (χ1v) is 18.5. The number of anilines is 1. The topological polar surface area (TPSA) is 151 Å². The maximum atomic E-state index is 14.1. The molecule has 1 aromatic carbocycles. The zero-order valence-electron chi connectivity index (χ0n) is 30.4. The van der Waals surface area contributed by atoms with E-state index in [0.29, 0.717) is 6.42 Å². The number of phenols is 1. The molecule has 4 N–H and O–H groups in total. The SMILES string of the molecule is CCCC(CCCCCCC(NC(=O)OC(C)(C)C)C(=O)OC1CCCC1)n1cc(-c2cnc(N)c(OC(C)c3c(O)ccc(F)c3Cl)c2)cn1. The van der Waals surface area contributed by atoms with Gasteiger partial charge in [0.2, 0.25) is 0 Å². The van der Waals surface area contributed by atoms with E-state index in [-0.39, 0.29) is 46.0 Å². The summed E-state index contributed by atoms with van der Waals surface area (Å²) in [6, 6.07) is 3.53. The molecule has 1 fully saturated rings. The fraction of sp³-hybridized carbons (Fsp3) is 0.579. The lowest BCUT2D eigenvalue weighted by atomic mass is 10.0. The molecule has 3 unspecified atom stereocenters. The van der Waals surface area contributed by atoms with Gasteiger partial charge in [0.25, 0.3) is 0 Å². The monoisotopic (exact) mass is 729 g/mol. The molecule has 1 aliphatic carbocycles. The van der Waals surface area contributed by atoms with Crippen LogP contribution in [0.25, 0.3) is 11.1 Å². The van der Waals surface area contributed by atoms with Crippen LogP contribution >= 0.6 is 11.6 Å². The van der Waals surface area contributed by atoms with Gasteiger partial charge in [0, 0.05) is 23.5 Å². The second kappa shape index (κ2) is 18.4. The largest absolute Gasteiger partial charge is 0.507 e. The number of unbranched alkanes of at least 4 members (excludes halogenated alkanes) is 3. The number of hydrogen-bond donors (Lipinski definition) is 3. The summed E-state index contributed by atoms with van der Waals surface area (Å²) in [5, 5.41) is 17.5. The number of amides is 1. The van der Waals surface area contributed by atoms with Crippen LogP contribution in [-0.4, -0.2) is 49.7 Å². The number of nitrogens with two attached hydrogens (primary N) is 1. The molecule has 1 saturated carbocycles. The standard InChI is InChI=1S/C38H53ClFN5O6/c1-6-13-27(14-9-7-8-10-17-30(44-37(48)51-38(3,4)5)36(47)50-28-15-11-12-16-28)45-23-26(22-43-45)25-20-32(35(41)42-21-25)49-24(2)33-31(46)19-18-29(40)34(33)39/h18-24,27-28,30,46H,6-17H2,1-5H3,(H2,41,42)(H,44,48). The van der Waals surface area contributed by atoms with Crippen LogP contribution in [0.5, 0.6) is 11.5 Å². The molecule has 3 atom stereocenters. The number of halogens is 2. The number of aromatic nitrogens is 3. The van der Waals surface area contributed by atoms with E-state index in [0.717, 1.165) is 87.8 Å². The van der Waals surface area contributed by atoms with Gasteiger partial charge in [-0.25, -0.2) is 19.0 Å². The van der Waals surface area contributed by atoms with Crippen molar-refractivity contribution in [3.8, 4) is 22.6 Å². The Morgan fingerprint density at radius 1 is 1.10 bits per heavy atom. The predicted octanol–water partition coefficient (Wildman–Crippen LogP) is 9.23. The number of esters is 1. The molecule has 280 valence electrons. The molecule has 4 rings (SSSR count). The summed E-state index contributed by atoms with van der Waals surface area (Å²) in [6.45, 7) is 9.16. The highest BCUT2D eigenvalue weighted by molar-refractivity contribution is 6.31. The molecule has 0 saturated heterocycles. The molecular weight excluding hydrogens is 677 g/mol. The van der Waals surface area contributed by atoms with Crippen LogP contribution in [0, 0.1) is 5.82 Å². The Balaban J connectivity index is 1.32. The zero-order valence-corrected chi connectivity index (χ0v) is 31.2. The summed E-state index contributed by atoms with van der Waals surface area (Å²) < 4.78 is 33.2. The normalized spacial score (nSPS) is 15.3. The first kappa shape index (κ1) is 39.7. The van der Waals surface area contributed by atoms with E-state index in [1.165, 1.54) is 6.07 Å². The third kappa shape index (κ3) is 11.7. The van der Waals surface area contributed by atoms with Gasteiger partial charge in [-0.15, -0.1) is 0 Å². The van der Waals surface area contributed by atoms with Crippen LogP contribution in [0.4, 0.5) is 15.0 Å². The fourth-order valence-corrected chi connectivity index (χ4v) is 6.68. The summed E-state index contributed by atoms with van der Waals surface area (Å²) in [5.74, 6) is -0.811. The minimum Gasteiger partial charge on any atom is -0.507 e. The number of carbonyl (C=O) groups is 2. The van der Waals surface area contributed by atoms with E-state index in [2.05, 4.69) is 22.3 Å². The van der Waals surface area contributed by atoms with Gasteiger partial charge in [-0.2, -0.15) is 5.10 Å². The highest BCUT2D eigenvalue weighted by Gasteiger charge is 2.28. The highest BCUT2D eigenvalue weighted by atomic mass is 35.5. The Morgan fingerprint density at radius 2 is 1.80 bits per heavy atom. The molecule has 3 aromatic rings. The van der Waals surface area contributed by atoms with Gasteiger partial charge in [0.15, 0.2) is 11.6 Å². The van der Waals surface area contributed by atoms with Crippen molar-refractivity contribution >= 4 is 29.5 Å². The lowest BCUT2D eigenvalue weighted by Gasteiger charge is -2.24. The van der Waals surface area contributed by atoms with Crippen molar-refractivity contribution in [2.75, 3.05) is 5.73 Å². The maximum absolute atomic E-state index is 14.1. The smallest absolute Gasteiger partial charge is 0.408 e. The van der Waals surface area contributed by atoms with Gasteiger partial charge < -0.3 is 30.4 Å². The third-order valence-corrected chi connectivity index (χ3v) is 9.36. The Morgan fingerprint density at radius 3 is 2.49 bits per heavy atom. The summed E-state index contributed by atoms with van der Waals surface area (Å²) in [7, 11) is 0. The van der Waals surface area contributed by atoms with Crippen LogP contribution in [0.1, 0.15) is 129 Å². The minimum atomic E-state index is -0.804. The van der Waals surface area contributed by atoms with E-state index in [4.69, 9.17) is 31.5 Å². The minimum absolute atomic E-state index is 0.0732. The second-order valence-electron chi connectivity index (χ2n) is 14.3. The van der Waals surface area contributed by atoms with E-state index >= 15 is 0 Å². The van der Waals surface area contributed by atoms with Crippen LogP contribution in [0.15, 0.2) is 36.8 Å². The number of nitrogens with zero attached hydrogens (tertiary/aromatic N) is 3.